The largest absolute Gasteiger partial charge is 0.487 e. The third kappa shape index (κ3) is 2.72. The summed E-state index contributed by atoms with van der Waals surface area (Å²) in [6.07, 6.45) is 1.08. The second-order valence-corrected chi connectivity index (χ2v) is 4.91. The molecule has 5 heteroatoms. The summed E-state index contributed by atoms with van der Waals surface area (Å²) < 4.78 is 11.9. The minimum absolute atomic E-state index is 0.145. The molecule has 86 valence electrons. The van der Waals surface area contributed by atoms with Crippen LogP contribution in [0, 0.1) is 0 Å². The van der Waals surface area contributed by atoms with E-state index in [9.17, 15) is 0 Å². The van der Waals surface area contributed by atoms with Crippen molar-refractivity contribution in [3.8, 4) is 5.75 Å². The number of thiocarbonyl (C=S) groups is 1. The first-order chi connectivity index (χ1) is 7.66. The SMILES string of the molecule is NC(=S)c1ccc(OC2CCOC2)c(Br)c1. The Morgan fingerprint density at radius 3 is 2.94 bits per heavy atom. The summed E-state index contributed by atoms with van der Waals surface area (Å²) in [5.74, 6) is 0.801. The molecule has 16 heavy (non-hydrogen) atoms. The van der Waals surface area contributed by atoms with Crippen LogP contribution >= 0.6 is 28.1 Å². The molecule has 1 aromatic rings. The lowest BCUT2D eigenvalue weighted by Gasteiger charge is -2.13. The fourth-order valence-corrected chi connectivity index (χ4v) is 2.13. The topological polar surface area (TPSA) is 44.5 Å². The minimum Gasteiger partial charge on any atom is -0.487 e. The molecule has 1 aliphatic heterocycles. The molecule has 0 amide bonds. The molecule has 0 aliphatic carbocycles. The standard InChI is InChI=1S/C11H12BrNO2S/c12-9-5-7(11(13)16)1-2-10(9)15-8-3-4-14-6-8/h1-2,5,8H,3-4,6H2,(H2,13,16). The zero-order valence-corrected chi connectivity index (χ0v) is 11.0. The van der Waals surface area contributed by atoms with Gasteiger partial charge in [-0.2, -0.15) is 0 Å². The summed E-state index contributed by atoms with van der Waals surface area (Å²) in [5, 5.41) is 0. The summed E-state index contributed by atoms with van der Waals surface area (Å²) in [4.78, 5) is 0.386. The lowest BCUT2D eigenvalue weighted by molar-refractivity contribution is 0.141. The van der Waals surface area contributed by atoms with Gasteiger partial charge in [0.15, 0.2) is 0 Å². The molecule has 0 bridgehead atoms. The molecule has 0 radical (unpaired) electrons. The van der Waals surface area contributed by atoms with Crippen molar-refractivity contribution < 1.29 is 9.47 Å². The lowest BCUT2D eigenvalue weighted by Crippen LogP contribution is -2.16. The van der Waals surface area contributed by atoms with Gasteiger partial charge in [-0.1, -0.05) is 12.2 Å². The van der Waals surface area contributed by atoms with Gasteiger partial charge in [0.25, 0.3) is 0 Å². The van der Waals surface area contributed by atoms with Crippen LogP contribution in [0.25, 0.3) is 0 Å². The van der Waals surface area contributed by atoms with Crippen LogP contribution in [-0.2, 0) is 4.74 Å². The zero-order valence-electron chi connectivity index (χ0n) is 8.61. The number of hydrogen-bond acceptors (Lipinski definition) is 3. The van der Waals surface area contributed by atoms with Gasteiger partial charge in [0.1, 0.15) is 16.8 Å². The van der Waals surface area contributed by atoms with Gasteiger partial charge >= 0.3 is 0 Å². The predicted molar refractivity (Wildman–Crippen MR) is 69.9 cm³/mol. The van der Waals surface area contributed by atoms with Gasteiger partial charge < -0.3 is 15.2 Å². The number of nitrogens with two attached hydrogens (primary N) is 1. The van der Waals surface area contributed by atoms with Gasteiger partial charge in [0, 0.05) is 12.0 Å². The Bertz CT molecular complexity index is 405. The molecule has 1 heterocycles. The van der Waals surface area contributed by atoms with Crippen molar-refractivity contribution in [2.75, 3.05) is 13.2 Å². The third-order valence-corrected chi connectivity index (χ3v) is 3.25. The molecule has 0 saturated carbocycles. The van der Waals surface area contributed by atoms with E-state index >= 15 is 0 Å². The molecule has 3 nitrogen and oxygen atoms in total. The molecule has 1 aromatic carbocycles. The van der Waals surface area contributed by atoms with Crippen LogP contribution in [0.3, 0.4) is 0 Å². The van der Waals surface area contributed by atoms with Crippen molar-refractivity contribution in [2.45, 2.75) is 12.5 Å². The first-order valence-electron chi connectivity index (χ1n) is 5.00. The average Bonchev–Trinajstić information content (AvgIpc) is 2.73. The molecule has 1 atom stereocenters. The summed E-state index contributed by atoms with van der Waals surface area (Å²) in [5.41, 5.74) is 6.38. The highest BCUT2D eigenvalue weighted by atomic mass is 79.9. The second kappa shape index (κ2) is 5.12. The molecular weight excluding hydrogens is 290 g/mol. The van der Waals surface area contributed by atoms with E-state index in [2.05, 4.69) is 15.9 Å². The lowest BCUT2D eigenvalue weighted by atomic mass is 10.2. The summed E-state index contributed by atoms with van der Waals surface area (Å²) in [6.45, 7) is 1.43. The summed E-state index contributed by atoms with van der Waals surface area (Å²) >= 11 is 8.35. The maximum absolute atomic E-state index is 5.78. The molecule has 1 aliphatic rings. The monoisotopic (exact) mass is 301 g/mol. The maximum Gasteiger partial charge on any atom is 0.134 e. The van der Waals surface area contributed by atoms with Crippen molar-refractivity contribution in [3.05, 3.63) is 28.2 Å². The van der Waals surface area contributed by atoms with Crippen molar-refractivity contribution in [2.24, 2.45) is 5.73 Å². The number of rotatable bonds is 3. The van der Waals surface area contributed by atoms with Crippen LogP contribution in [0.15, 0.2) is 22.7 Å². The summed E-state index contributed by atoms with van der Waals surface area (Å²) in [6, 6.07) is 5.60. The van der Waals surface area contributed by atoms with Crippen molar-refractivity contribution in [1.29, 1.82) is 0 Å². The Morgan fingerprint density at radius 1 is 1.56 bits per heavy atom. The van der Waals surface area contributed by atoms with Crippen molar-refractivity contribution in [3.63, 3.8) is 0 Å². The minimum atomic E-state index is 0.145. The average molecular weight is 302 g/mol. The number of benzene rings is 1. The second-order valence-electron chi connectivity index (χ2n) is 3.61. The normalized spacial score (nSPS) is 19.7. The van der Waals surface area contributed by atoms with E-state index in [0.717, 1.165) is 28.8 Å². The molecule has 2 rings (SSSR count). The number of hydrogen-bond donors (Lipinski definition) is 1. The Balaban J connectivity index is 2.12. The molecule has 0 spiro atoms. The van der Waals surface area contributed by atoms with Crippen LogP contribution in [0.2, 0.25) is 0 Å². The first-order valence-corrected chi connectivity index (χ1v) is 6.20. The van der Waals surface area contributed by atoms with E-state index in [-0.39, 0.29) is 6.10 Å². The van der Waals surface area contributed by atoms with E-state index in [1.807, 2.05) is 18.2 Å². The van der Waals surface area contributed by atoms with E-state index in [1.54, 1.807) is 0 Å². The number of ether oxygens (including phenoxy) is 2. The first kappa shape index (κ1) is 11.8. The van der Waals surface area contributed by atoms with E-state index in [0.29, 0.717) is 11.6 Å². The fourth-order valence-electron chi connectivity index (χ4n) is 1.54. The van der Waals surface area contributed by atoms with Gasteiger partial charge in [0.2, 0.25) is 0 Å². The fraction of sp³-hybridized carbons (Fsp3) is 0.364. The Labute approximate surface area is 108 Å². The van der Waals surface area contributed by atoms with Crippen LogP contribution < -0.4 is 10.5 Å². The smallest absolute Gasteiger partial charge is 0.134 e. The molecular formula is C11H12BrNO2S. The summed E-state index contributed by atoms with van der Waals surface area (Å²) in [7, 11) is 0. The van der Waals surface area contributed by atoms with Gasteiger partial charge in [0.05, 0.1) is 17.7 Å². The van der Waals surface area contributed by atoms with E-state index in [1.165, 1.54) is 0 Å². The van der Waals surface area contributed by atoms with Crippen LogP contribution in [0.1, 0.15) is 12.0 Å². The third-order valence-electron chi connectivity index (χ3n) is 2.40. The highest BCUT2D eigenvalue weighted by Gasteiger charge is 2.18. The molecule has 1 fully saturated rings. The molecule has 2 N–H and O–H groups in total. The zero-order chi connectivity index (χ0) is 11.5. The Hall–Kier alpha value is -0.650. The van der Waals surface area contributed by atoms with Gasteiger partial charge in [-0.25, -0.2) is 0 Å². The van der Waals surface area contributed by atoms with E-state index in [4.69, 9.17) is 27.4 Å². The molecule has 1 unspecified atom stereocenters. The van der Waals surface area contributed by atoms with Gasteiger partial charge in [-0.3, -0.25) is 0 Å². The maximum atomic E-state index is 5.78. The quantitative estimate of drug-likeness (QED) is 0.870. The van der Waals surface area contributed by atoms with Crippen molar-refractivity contribution in [1.82, 2.24) is 0 Å². The van der Waals surface area contributed by atoms with Gasteiger partial charge in [-0.15, -0.1) is 0 Å². The van der Waals surface area contributed by atoms with Gasteiger partial charge in [-0.05, 0) is 34.1 Å². The Morgan fingerprint density at radius 2 is 2.38 bits per heavy atom. The number of halogens is 1. The van der Waals surface area contributed by atoms with E-state index < -0.39 is 0 Å². The van der Waals surface area contributed by atoms with Crippen molar-refractivity contribution >= 4 is 33.1 Å². The highest BCUT2D eigenvalue weighted by molar-refractivity contribution is 9.10. The van der Waals surface area contributed by atoms with Crippen LogP contribution in [-0.4, -0.2) is 24.3 Å². The predicted octanol–water partition coefficient (Wildman–Crippen LogP) is 2.25. The molecule has 0 aromatic heterocycles. The highest BCUT2D eigenvalue weighted by Crippen LogP contribution is 2.28. The van der Waals surface area contributed by atoms with Crippen LogP contribution in [0.5, 0.6) is 5.75 Å². The van der Waals surface area contributed by atoms with Crippen LogP contribution in [0.4, 0.5) is 0 Å². The Kier molecular flexibility index (Phi) is 3.78. The molecule has 1 saturated heterocycles.